The van der Waals surface area contributed by atoms with E-state index < -0.39 is 6.04 Å². The van der Waals surface area contributed by atoms with Crippen LogP contribution in [0.25, 0.3) is 0 Å². The average molecular weight is 407 g/mol. The number of ether oxygens (including phenoxy) is 3. The predicted octanol–water partition coefficient (Wildman–Crippen LogP) is 3.31. The van der Waals surface area contributed by atoms with Gasteiger partial charge in [-0.2, -0.15) is 0 Å². The second-order valence-electron chi connectivity index (χ2n) is 7.81. The predicted molar refractivity (Wildman–Crippen MR) is 112 cm³/mol. The van der Waals surface area contributed by atoms with Crippen molar-refractivity contribution in [2.24, 2.45) is 5.92 Å². The lowest BCUT2D eigenvalue weighted by atomic mass is 10.0. The highest BCUT2D eigenvalue weighted by molar-refractivity contribution is 5.98. The molecular formula is C22H34N2O5. The van der Waals surface area contributed by atoms with Crippen molar-refractivity contribution in [3.8, 4) is 17.2 Å². The minimum Gasteiger partial charge on any atom is -0.493 e. The van der Waals surface area contributed by atoms with E-state index in [0.29, 0.717) is 22.8 Å². The van der Waals surface area contributed by atoms with Gasteiger partial charge in [0.1, 0.15) is 6.04 Å². The van der Waals surface area contributed by atoms with E-state index in [1.807, 2.05) is 13.8 Å². The van der Waals surface area contributed by atoms with Crippen LogP contribution in [0.3, 0.4) is 0 Å². The minimum atomic E-state index is -0.621. The van der Waals surface area contributed by atoms with Crippen molar-refractivity contribution in [3.05, 3.63) is 17.7 Å². The van der Waals surface area contributed by atoms with Crippen LogP contribution in [0, 0.1) is 5.92 Å². The van der Waals surface area contributed by atoms with Gasteiger partial charge in [0.15, 0.2) is 11.5 Å². The molecule has 1 aliphatic carbocycles. The Morgan fingerprint density at radius 3 is 1.93 bits per heavy atom. The molecule has 1 aromatic carbocycles. The Morgan fingerprint density at radius 2 is 1.48 bits per heavy atom. The molecule has 0 heterocycles. The van der Waals surface area contributed by atoms with Gasteiger partial charge in [-0.1, -0.05) is 39.5 Å². The van der Waals surface area contributed by atoms with Gasteiger partial charge in [0, 0.05) is 11.6 Å². The van der Waals surface area contributed by atoms with Gasteiger partial charge in [0.05, 0.1) is 21.3 Å². The Morgan fingerprint density at radius 1 is 0.931 bits per heavy atom. The summed E-state index contributed by atoms with van der Waals surface area (Å²) in [6.07, 6.45) is 6.70. The standard InChI is InChI=1S/C22H34N2O5/c1-14(2)19(22(26)23-16-10-8-6-7-9-11-16)24-21(25)15-12-17(27-3)20(29-5)18(13-15)28-4/h12-14,16,19H,6-11H2,1-5H3,(H,23,26)(H,24,25)/t19-/m1/s1. The number of carbonyl (C=O) groups is 2. The van der Waals surface area contributed by atoms with Crippen LogP contribution >= 0.6 is 0 Å². The first-order chi connectivity index (χ1) is 13.9. The lowest BCUT2D eigenvalue weighted by molar-refractivity contribution is -0.124. The van der Waals surface area contributed by atoms with Crippen LogP contribution in [0.1, 0.15) is 62.7 Å². The van der Waals surface area contributed by atoms with Gasteiger partial charge < -0.3 is 24.8 Å². The summed E-state index contributed by atoms with van der Waals surface area (Å²) >= 11 is 0. The molecule has 1 saturated carbocycles. The molecule has 0 spiro atoms. The van der Waals surface area contributed by atoms with Crippen LogP contribution in [0.15, 0.2) is 12.1 Å². The van der Waals surface area contributed by atoms with Crippen molar-refractivity contribution in [2.45, 2.75) is 64.5 Å². The zero-order chi connectivity index (χ0) is 21.4. The highest BCUT2D eigenvalue weighted by atomic mass is 16.5. The van der Waals surface area contributed by atoms with Crippen LogP contribution in [0.5, 0.6) is 17.2 Å². The molecule has 1 atom stereocenters. The summed E-state index contributed by atoms with van der Waals surface area (Å²) in [5.74, 6) is 0.651. The number of nitrogens with one attached hydrogen (secondary N) is 2. The number of hydrogen-bond acceptors (Lipinski definition) is 5. The molecule has 7 nitrogen and oxygen atoms in total. The highest BCUT2D eigenvalue weighted by Gasteiger charge is 2.27. The van der Waals surface area contributed by atoms with E-state index in [1.54, 1.807) is 12.1 Å². The zero-order valence-corrected chi connectivity index (χ0v) is 18.2. The van der Waals surface area contributed by atoms with Gasteiger partial charge in [0.25, 0.3) is 5.91 Å². The Bertz CT molecular complexity index is 671. The Hall–Kier alpha value is -2.44. The number of carbonyl (C=O) groups excluding carboxylic acids is 2. The second-order valence-corrected chi connectivity index (χ2v) is 7.81. The van der Waals surface area contributed by atoms with Crippen molar-refractivity contribution in [1.29, 1.82) is 0 Å². The van der Waals surface area contributed by atoms with E-state index in [2.05, 4.69) is 10.6 Å². The van der Waals surface area contributed by atoms with Crippen molar-refractivity contribution >= 4 is 11.8 Å². The molecule has 2 rings (SSSR count). The van der Waals surface area contributed by atoms with E-state index in [9.17, 15) is 9.59 Å². The number of benzene rings is 1. The first-order valence-corrected chi connectivity index (χ1v) is 10.3. The van der Waals surface area contributed by atoms with E-state index in [0.717, 1.165) is 25.7 Å². The highest BCUT2D eigenvalue weighted by Crippen LogP contribution is 2.38. The number of methoxy groups -OCH3 is 3. The molecule has 162 valence electrons. The fraction of sp³-hybridized carbons (Fsp3) is 0.636. The van der Waals surface area contributed by atoms with Crippen LogP contribution in [-0.4, -0.2) is 45.2 Å². The summed E-state index contributed by atoms with van der Waals surface area (Å²) in [4.78, 5) is 25.8. The van der Waals surface area contributed by atoms with Gasteiger partial charge in [0.2, 0.25) is 11.7 Å². The Balaban J connectivity index is 2.15. The minimum absolute atomic E-state index is 0.0493. The molecule has 1 aliphatic rings. The zero-order valence-electron chi connectivity index (χ0n) is 18.2. The largest absolute Gasteiger partial charge is 0.493 e. The molecule has 0 aromatic heterocycles. The van der Waals surface area contributed by atoms with Crippen molar-refractivity contribution in [1.82, 2.24) is 10.6 Å². The summed E-state index contributed by atoms with van der Waals surface area (Å²) in [6.45, 7) is 3.85. The van der Waals surface area contributed by atoms with E-state index >= 15 is 0 Å². The monoisotopic (exact) mass is 406 g/mol. The van der Waals surface area contributed by atoms with Gasteiger partial charge >= 0.3 is 0 Å². The van der Waals surface area contributed by atoms with Crippen LogP contribution < -0.4 is 24.8 Å². The second kappa shape index (κ2) is 10.9. The van der Waals surface area contributed by atoms with Crippen LogP contribution in [0.2, 0.25) is 0 Å². The van der Waals surface area contributed by atoms with Gasteiger partial charge in [-0.3, -0.25) is 9.59 Å². The molecule has 0 saturated heterocycles. The fourth-order valence-electron chi connectivity index (χ4n) is 3.69. The molecule has 0 radical (unpaired) electrons. The van der Waals surface area contributed by atoms with E-state index in [1.165, 1.54) is 34.2 Å². The number of rotatable bonds is 8. The Labute approximate surface area is 173 Å². The van der Waals surface area contributed by atoms with Crippen molar-refractivity contribution in [2.75, 3.05) is 21.3 Å². The lowest BCUT2D eigenvalue weighted by Crippen LogP contribution is -2.52. The number of amides is 2. The molecular weight excluding hydrogens is 372 g/mol. The third kappa shape index (κ3) is 6.02. The van der Waals surface area contributed by atoms with Crippen LogP contribution in [-0.2, 0) is 4.79 Å². The first-order valence-electron chi connectivity index (χ1n) is 10.3. The third-order valence-corrected chi connectivity index (χ3v) is 5.36. The molecule has 0 aliphatic heterocycles. The van der Waals surface area contributed by atoms with Gasteiger partial charge in [-0.05, 0) is 30.9 Å². The molecule has 0 bridgehead atoms. The quantitative estimate of drug-likeness (QED) is 0.647. The summed E-state index contributed by atoms with van der Waals surface area (Å²) < 4.78 is 15.9. The van der Waals surface area contributed by atoms with Gasteiger partial charge in [-0.25, -0.2) is 0 Å². The summed E-state index contributed by atoms with van der Waals surface area (Å²) in [6, 6.07) is 2.73. The normalized spacial score (nSPS) is 15.9. The third-order valence-electron chi connectivity index (χ3n) is 5.36. The lowest BCUT2D eigenvalue weighted by Gasteiger charge is -2.25. The molecule has 1 fully saturated rings. The molecule has 2 N–H and O–H groups in total. The number of hydrogen-bond donors (Lipinski definition) is 2. The summed E-state index contributed by atoms with van der Waals surface area (Å²) in [5, 5.41) is 6.01. The average Bonchev–Trinajstić information content (AvgIpc) is 2.98. The molecule has 7 heteroatoms. The molecule has 0 unspecified atom stereocenters. The van der Waals surface area contributed by atoms with Crippen molar-refractivity contribution in [3.63, 3.8) is 0 Å². The van der Waals surface area contributed by atoms with E-state index in [-0.39, 0.29) is 23.8 Å². The Kier molecular flexibility index (Phi) is 8.61. The fourth-order valence-corrected chi connectivity index (χ4v) is 3.69. The molecule has 2 amide bonds. The summed E-state index contributed by atoms with van der Waals surface area (Å²) in [5.41, 5.74) is 0.340. The van der Waals surface area contributed by atoms with Crippen LogP contribution in [0.4, 0.5) is 0 Å². The first kappa shape index (κ1) is 22.8. The van der Waals surface area contributed by atoms with E-state index in [4.69, 9.17) is 14.2 Å². The maximum absolute atomic E-state index is 12.9. The molecule has 1 aromatic rings. The van der Waals surface area contributed by atoms with Gasteiger partial charge in [-0.15, -0.1) is 0 Å². The maximum Gasteiger partial charge on any atom is 0.252 e. The summed E-state index contributed by atoms with van der Waals surface area (Å²) in [7, 11) is 4.50. The maximum atomic E-state index is 12.9. The molecule has 29 heavy (non-hydrogen) atoms. The smallest absolute Gasteiger partial charge is 0.252 e. The van der Waals surface area contributed by atoms with Crippen molar-refractivity contribution < 1.29 is 23.8 Å². The topological polar surface area (TPSA) is 85.9 Å². The SMILES string of the molecule is COc1cc(C(=O)N[C@@H](C(=O)NC2CCCCCC2)C(C)C)cc(OC)c1OC.